The van der Waals surface area contributed by atoms with Crippen molar-refractivity contribution in [3.05, 3.63) is 145 Å². The second kappa shape index (κ2) is 13.9. The van der Waals surface area contributed by atoms with Gasteiger partial charge in [0.15, 0.2) is 0 Å². The van der Waals surface area contributed by atoms with E-state index in [2.05, 4.69) is 86.8 Å². The van der Waals surface area contributed by atoms with Crippen LogP contribution in [0.25, 0.3) is 11.1 Å². The van der Waals surface area contributed by atoms with Crippen LogP contribution >= 0.6 is 0 Å². The molecule has 1 aliphatic rings. The predicted molar refractivity (Wildman–Crippen MR) is 171 cm³/mol. The first kappa shape index (κ1) is 30.4. The average molecular weight is 589 g/mol. The van der Waals surface area contributed by atoms with E-state index in [4.69, 9.17) is 18.9 Å². The molecule has 0 amide bonds. The summed E-state index contributed by atoms with van der Waals surface area (Å²) in [6.45, 7) is 9.90. The monoisotopic (exact) mass is 588 g/mol. The van der Waals surface area contributed by atoms with Crippen LogP contribution in [-0.2, 0) is 24.5 Å². The van der Waals surface area contributed by atoms with Gasteiger partial charge in [-0.25, -0.2) is 9.59 Å². The zero-order valence-electron chi connectivity index (χ0n) is 24.9. The molecular weight excluding hydrogens is 552 g/mol. The molecule has 6 heteroatoms. The highest BCUT2D eigenvalue weighted by molar-refractivity contribution is 5.81. The molecule has 0 bridgehead atoms. The van der Waals surface area contributed by atoms with Gasteiger partial charge in [0.2, 0.25) is 0 Å². The highest BCUT2D eigenvalue weighted by atomic mass is 16.6. The van der Waals surface area contributed by atoms with Gasteiger partial charge in [-0.15, -0.1) is 0 Å². The highest BCUT2D eigenvalue weighted by Crippen LogP contribution is 2.54. The van der Waals surface area contributed by atoms with E-state index in [-0.39, 0.29) is 31.8 Å². The second-order valence-corrected chi connectivity index (χ2v) is 10.7. The first-order chi connectivity index (χ1) is 21.4. The maximum Gasteiger partial charge on any atom is 0.330 e. The van der Waals surface area contributed by atoms with Gasteiger partial charge in [-0.2, -0.15) is 0 Å². The van der Waals surface area contributed by atoms with Crippen molar-refractivity contribution in [2.45, 2.75) is 24.7 Å². The zero-order chi connectivity index (χ0) is 30.9. The summed E-state index contributed by atoms with van der Waals surface area (Å²) in [5.74, 6) is 0.778. The van der Waals surface area contributed by atoms with Crippen LogP contribution in [0, 0.1) is 0 Å². The van der Waals surface area contributed by atoms with Crippen LogP contribution < -0.4 is 9.47 Å². The highest BCUT2D eigenvalue weighted by Gasteiger charge is 2.45. The Kier molecular flexibility index (Phi) is 9.60. The Morgan fingerprint density at radius 2 is 1.23 bits per heavy atom. The lowest BCUT2D eigenvalue weighted by Gasteiger charge is -2.33. The Hall–Kier alpha value is -5.10. The predicted octanol–water partition coefficient (Wildman–Crippen LogP) is 7.41. The summed E-state index contributed by atoms with van der Waals surface area (Å²) >= 11 is 0. The molecular formula is C38H36O6. The number of benzene rings is 4. The second-order valence-electron chi connectivity index (χ2n) is 10.7. The van der Waals surface area contributed by atoms with Crippen molar-refractivity contribution in [2.24, 2.45) is 0 Å². The fourth-order valence-corrected chi connectivity index (χ4v) is 5.95. The molecule has 0 heterocycles. The lowest BCUT2D eigenvalue weighted by Crippen LogP contribution is -2.26. The van der Waals surface area contributed by atoms with Crippen molar-refractivity contribution in [1.82, 2.24) is 0 Å². The number of fused-ring (bicyclic) bond motifs is 1. The molecule has 0 saturated heterocycles. The maximum atomic E-state index is 11.3. The molecule has 1 aliphatic carbocycles. The number of rotatable bonds is 13. The lowest BCUT2D eigenvalue weighted by molar-refractivity contribution is -0.139. The summed E-state index contributed by atoms with van der Waals surface area (Å²) in [5, 5.41) is 0. The molecule has 0 fully saturated rings. The third-order valence-electron chi connectivity index (χ3n) is 7.98. The van der Waals surface area contributed by atoms with Crippen molar-refractivity contribution in [2.75, 3.05) is 26.4 Å². The van der Waals surface area contributed by atoms with Gasteiger partial charge < -0.3 is 18.9 Å². The van der Waals surface area contributed by atoms with Gasteiger partial charge in [0, 0.05) is 17.6 Å². The molecule has 44 heavy (non-hydrogen) atoms. The smallest absolute Gasteiger partial charge is 0.330 e. The van der Waals surface area contributed by atoms with Crippen LogP contribution in [0.4, 0.5) is 0 Å². The minimum atomic E-state index is -0.470. The van der Waals surface area contributed by atoms with Crippen LogP contribution in [0.1, 0.15) is 41.5 Å². The van der Waals surface area contributed by atoms with E-state index >= 15 is 0 Å². The van der Waals surface area contributed by atoms with E-state index in [1.807, 2.05) is 30.3 Å². The normalized spacial score (nSPS) is 14.6. The van der Waals surface area contributed by atoms with Crippen molar-refractivity contribution >= 4 is 11.9 Å². The standard InChI is InChI=1S/C38H36O6/c1-4-36(39)43-23-21-41-32-16-12-30(13-17-32)38(31-14-18-33(19-15-31)42-22-24-44-37(40)5-2)26-27(3)34-25-29(11-20-35(34)38)28-9-7-6-8-10-28/h4-20,25,27H,1-2,21-24,26H2,3H3. The van der Waals surface area contributed by atoms with Crippen LogP contribution in [0.15, 0.2) is 122 Å². The Morgan fingerprint density at radius 1 is 0.705 bits per heavy atom. The number of carbonyl (C=O) groups excluding carboxylic acids is 2. The van der Waals surface area contributed by atoms with Crippen molar-refractivity contribution in [3.8, 4) is 22.6 Å². The van der Waals surface area contributed by atoms with Gasteiger partial charge in [0.1, 0.15) is 37.9 Å². The van der Waals surface area contributed by atoms with E-state index in [9.17, 15) is 9.59 Å². The van der Waals surface area contributed by atoms with Crippen LogP contribution in [0.3, 0.4) is 0 Å². The van der Waals surface area contributed by atoms with E-state index in [0.717, 1.165) is 29.7 Å². The summed E-state index contributed by atoms with van der Waals surface area (Å²) in [4.78, 5) is 22.6. The Bertz CT molecular complexity index is 1530. The third-order valence-corrected chi connectivity index (χ3v) is 7.98. The number of carbonyl (C=O) groups is 2. The zero-order valence-corrected chi connectivity index (χ0v) is 24.9. The molecule has 224 valence electrons. The maximum absolute atomic E-state index is 11.3. The molecule has 0 saturated carbocycles. The number of hydrogen-bond acceptors (Lipinski definition) is 6. The molecule has 0 radical (unpaired) electrons. The van der Waals surface area contributed by atoms with Gasteiger partial charge in [-0.3, -0.25) is 0 Å². The third kappa shape index (κ3) is 6.60. The van der Waals surface area contributed by atoms with E-state index in [1.165, 1.54) is 22.3 Å². The fourth-order valence-electron chi connectivity index (χ4n) is 5.95. The molecule has 4 aromatic rings. The quantitative estimate of drug-likeness (QED) is 0.0920. The summed E-state index contributed by atoms with van der Waals surface area (Å²) in [5.41, 5.74) is 6.94. The fraction of sp³-hybridized carbons (Fsp3) is 0.211. The average Bonchev–Trinajstić information content (AvgIpc) is 3.37. The first-order valence-corrected chi connectivity index (χ1v) is 14.7. The van der Waals surface area contributed by atoms with E-state index in [0.29, 0.717) is 17.4 Å². The van der Waals surface area contributed by atoms with Gasteiger partial charge >= 0.3 is 11.9 Å². The summed E-state index contributed by atoms with van der Waals surface area (Å²) in [7, 11) is 0. The van der Waals surface area contributed by atoms with Crippen molar-refractivity contribution in [1.29, 1.82) is 0 Å². The number of esters is 2. The topological polar surface area (TPSA) is 71.1 Å². The van der Waals surface area contributed by atoms with Gasteiger partial charge in [-0.05, 0) is 70.0 Å². The van der Waals surface area contributed by atoms with Crippen LogP contribution in [0.2, 0.25) is 0 Å². The molecule has 4 aromatic carbocycles. The molecule has 1 atom stereocenters. The van der Waals surface area contributed by atoms with Gasteiger partial charge in [0.05, 0.1) is 0 Å². The Labute approximate surface area is 258 Å². The van der Waals surface area contributed by atoms with Gasteiger partial charge in [-0.1, -0.05) is 92.9 Å². The molecule has 0 N–H and O–H groups in total. The molecule has 0 aliphatic heterocycles. The van der Waals surface area contributed by atoms with E-state index in [1.54, 1.807) is 0 Å². The molecule has 6 nitrogen and oxygen atoms in total. The summed E-state index contributed by atoms with van der Waals surface area (Å²) in [6.07, 6.45) is 3.17. The van der Waals surface area contributed by atoms with Gasteiger partial charge in [0.25, 0.3) is 0 Å². The summed E-state index contributed by atoms with van der Waals surface area (Å²) in [6, 6.07) is 33.6. The van der Waals surface area contributed by atoms with Crippen LogP contribution in [0.5, 0.6) is 11.5 Å². The molecule has 1 unspecified atom stereocenters. The van der Waals surface area contributed by atoms with Crippen molar-refractivity contribution < 1.29 is 28.5 Å². The van der Waals surface area contributed by atoms with E-state index < -0.39 is 11.9 Å². The Morgan fingerprint density at radius 3 is 1.73 bits per heavy atom. The lowest BCUT2D eigenvalue weighted by atomic mass is 9.70. The minimum absolute atomic E-state index is 0.149. The largest absolute Gasteiger partial charge is 0.490 e. The molecule has 0 aromatic heterocycles. The molecule has 0 spiro atoms. The Balaban J connectivity index is 1.45. The number of ether oxygens (including phenoxy) is 4. The molecule has 5 rings (SSSR count). The van der Waals surface area contributed by atoms with Crippen molar-refractivity contribution in [3.63, 3.8) is 0 Å². The van der Waals surface area contributed by atoms with Crippen LogP contribution in [-0.4, -0.2) is 38.4 Å². The minimum Gasteiger partial charge on any atom is -0.490 e. The summed E-state index contributed by atoms with van der Waals surface area (Å²) < 4.78 is 21.7. The SMILES string of the molecule is C=CC(=O)OCCOc1ccc(C2(c3ccc(OCCOC(=O)C=C)cc3)CC(C)c3cc(-c4ccccc4)ccc32)cc1. The first-order valence-electron chi connectivity index (χ1n) is 14.7. The number of hydrogen-bond donors (Lipinski definition) is 0.